The smallest absolute Gasteiger partial charge is 0.456 e. The molecule has 2 heterocycles. The van der Waals surface area contributed by atoms with Crippen LogP contribution in [0.1, 0.15) is 19.4 Å². The molecule has 1 amide bonds. The number of nitrogens with zero attached hydrogens (tertiary/aromatic N) is 2. The van der Waals surface area contributed by atoms with Gasteiger partial charge in [0.05, 0.1) is 23.0 Å². The summed E-state index contributed by atoms with van der Waals surface area (Å²) in [5.74, 6) is -2.82. The van der Waals surface area contributed by atoms with Crippen LogP contribution in [0.15, 0.2) is 96.4 Å². The number of para-hydroxylation sites is 2. The van der Waals surface area contributed by atoms with Gasteiger partial charge in [0.15, 0.2) is 5.70 Å². The van der Waals surface area contributed by atoms with Gasteiger partial charge in [0.25, 0.3) is 5.69 Å². The van der Waals surface area contributed by atoms with Crippen LogP contribution in [-0.4, -0.2) is 39.0 Å². The third-order valence-electron chi connectivity index (χ3n) is 6.95. The lowest BCUT2D eigenvalue weighted by Gasteiger charge is -2.46. The van der Waals surface area contributed by atoms with E-state index in [1.54, 1.807) is 67.6 Å². The number of phosphoric acid groups is 1. The SMILES string of the molecule is C[C@H]1C(OP(=O)(Oc2ccccc2)Oc2ccccc2)=C(C(=O)OCc2ccc([N+](=O)[O-])cc2)N2C(=O)[C@H]([C@@H](C)O)C12. The van der Waals surface area contributed by atoms with Gasteiger partial charge in [-0.1, -0.05) is 43.3 Å². The Morgan fingerprint density at radius 2 is 1.52 bits per heavy atom. The number of hydrogen-bond donors (Lipinski definition) is 1. The molecule has 3 aromatic rings. The van der Waals surface area contributed by atoms with Crippen LogP contribution in [0.4, 0.5) is 5.69 Å². The van der Waals surface area contributed by atoms with Crippen LogP contribution in [0.2, 0.25) is 0 Å². The van der Waals surface area contributed by atoms with Gasteiger partial charge in [0.2, 0.25) is 5.91 Å². The van der Waals surface area contributed by atoms with E-state index in [0.29, 0.717) is 5.56 Å². The van der Waals surface area contributed by atoms with Gasteiger partial charge in [-0.25, -0.2) is 4.79 Å². The number of hydrogen-bond acceptors (Lipinski definition) is 10. The molecule has 3 aromatic carbocycles. The van der Waals surface area contributed by atoms with Gasteiger partial charge >= 0.3 is 13.8 Å². The van der Waals surface area contributed by atoms with Crippen molar-refractivity contribution in [2.75, 3.05) is 0 Å². The summed E-state index contributed by atoms with van der Waals surface area (Å²) in [4.78, 5) is 38.1. The summed E-state index contributed by atoms with van der Waals surface area (Å²) >= 11 is 0. The second-order valence-electron chi connectivity index (χ2n) is 9.81. The van der Waals surface area contributed by atoms with Crippen molar-refractivity contribution in [2.45, 2.75) is 32.6 Å². The predicted octanol–water partition coefficient (Wildman–Crippen LogP) is 4.99. The van der Waals surface area contributed by atoms with Crippen LogP contribution in [0, 0.1) is 22.0 Å². The number of phosphoric ester groups is 1. The van der Waals surface area contributed by atoms with Gasteiger partial charge in [-0.15, -0.1) is 0 Å². The molecular formula is C29H27N2O10P. The topological polar surface area (TPSA) is 155 Å². The minimum atomic E-state index is -4.54. The number of amides is 1. The molecule has 1 saturated heterocycles. The third-order valence-corrected chi connectivity index (χ3v) is 8.24. The number of benzene rings is 3. The van der Waals surface area contributed by atoms with Gasteiger partial charge in [-0.2, -0.15) is 4.57 Å². The normalized spacial score (nSPS) is 20.3. The summed E-state index contributed by atoms with van der Waals surface area (Å²) in [6.07, 6.45) is -1.02. The molecule has 12 nitrogen and oxygen atoms in total. The number of non-ortho nitro benzene ring substituents is 1. The van der Waals surface area contributed by atoms with Crippen LogP contribution < -0.4 is 9.05 Å². The van der Waals surface area contributed by atoms with Crippen LogP contribution in [0.3, 0.4) is 0 Å². The summed E-state index contributed by atoms with van der Waals surface area (Å²) in [6.45, 7) is 2.87. The number of aliphatic hydroxyl groups is 1. The lowest BCUT2D eigenvalue weighted by molar-refractivity contribution is -0.384. The fourth-order valence-corrected chi connectivity index (χ4v) is 6.33. The second kappa shape index (κ2) is 11.7. The largest absolute Gasteiger partial charge is 0.646 e. The highest BCUT2D eigenvalue weighted by Gasteiger charge is 2.62. The fraction of sp³-hybridized carbons (Fsp3) is 0.241. The van der Waals surface area contributed by atoms with E-state index in [9.17, 15) is 29.4 Å². The summed E-state index contributed by atoms with van der Waals surface area (Å²) < 4.78 is 37.0. The van der Waals surface area contributed by atoms with E-state index in [1.165, 1.54) is 36.1 Å². The molecule has 2 aliphatic rings. The highest BCUT2D eigenvalue weighted by molar-refractivity contribution is 7.49. The van der Waals surface area contributed by atoms with Crippen molar-refractivity contribution in [3.8, 4) is 11.5 Å². The zero-order valence-electron chi connectivity index (χ0n) is 22.6. The number of esters is 1. The maximum absolute atomic E-state index is 14.2. The van der Waals surface area contributed by atoms with Crippen LogP contribution in [0.25, 0.3) is 0 Å². The van der Waals surface area contributed by atoms with Crippen molar-refractivity contribution in [3.05, 3.63) is 112 Å². The Balaban J connectivity index is 1.48. The Kier molecular flexibility index (Phi) is 8.02. The van der Waals surface area contributed by atoms with E-state index < -0.39 is 48.6 Å². The lowest BCUT2D eigenvalue weighted by Crippen LogP contribution is -2.63. The monoisotopic (exact) mass is 594 g/mol. The van der Waals surface area contributed by atoms with E-state index >= 15 is 0 Å². The van der Waals surface area contributed by atoms with Crippen molar-refractivity contribution in [3.63, 3.8) is 0 Å². The molecule has 0 radical (unpaired) electrons. The van der Waals surface area contributed by atoms with Gasteiger partial charge in [-0.3, -0.25) is 19.8 Å². The lowest BCUT2D eigenvalue weighted by atomic mass is 9.79. The Labute approximate surface area is 240 Å². The van der Waals surface area contributed by atoms with Gasteiger partial charge < -0.3 is 23.4 Å². The fourth-order valence-electron chi connectivity index (χ4n) is 4.96. The first-order chi connectivity index (χ1) is 20.1. The molecule has 1 N–H and O–H groups in total. The standard InChI is InChI=1S/C29H27N2O10P/c1-18-25-24(19(2)32)28(33)30(25)26(29(34)38-17-20-13-15-21(16-14-20)31(35)36)27(18)41-42(37,39-22-9-5-3-6-10-22)40-23-11-7-4-8-12-23/h3-16,18-19,24-25,32H,17H2,1-2H3/t18-,19-,24-,25?/m1/s1. The molecule has 13 heteroatoms. The molecule has 0 bridgehead atoms. The average molecular weight is 595 g/mol. The summed E-state index contributed by atoms with van der Waals surface area (Å²) in [7, 11) is -4.54. The number of carbonyl (C=O) groups excluding carboxylic acids is 2. The Bertz CT molecular complexity index is 1510. The average Bonchev–Trinajstić information content (AvgIpc) is 3.20. The summed E-state index contributed by atoms with van der Waals surface area (Å²) in [5.41, 5.74) is 0.0469. The molecule has 5 rings (SSSR count). The first-order valence-electron chi connectivity index (χ1n) is 13.0. The highest BCUT2D eigenvalue weighted by atomic mass is 31.2. The number of nitro groups is 1. The predicted molar refractivity (Wildman–Crippen MR) is 148 cm³/mol. The molecule has 42 heavy (non-hydrogen) atoms. The Hall–Kier alpha value is -4.67. The third kappa shape index (κ3) is 5.72. The van der Waals surface area contributed by atoms with E-state index in [-0.39, 0.29) is 35.2 Å². The van der Waals surface area contributed by atoms with Gasteiger partial charge in [0, 0.05) is 18.1 Å². The zero-order valence-corrected chi connectivity index (χ0v) is 23.5. The van der Waals surface area contributed by atoms with Crippen molar-refractivity contribution < 1.29 is 42.5 Å². The Morgan fingerprint density at radius 3 is 2.02 bits per heavy atom. The van der Waals surface area contributed by atoms with Crippen LogP contribution in [-0.2, 0) is 30.0 Å². The first-order valence-corrected chi connectivity index (χ1v) is 14.5. The molecule has 2 aliphatic heterocycles. The van der Waals surface area contributed by atoms with E-state index in [2.05, 4.69) is 0 Å². The Morgan fingerprint density at radius 1 is 0.976 bits per heavy atom. The number of carbonyl (C=O) groups is 2. The minimum absolute atomic E-state index is 0.126. The van der Waals surface area contributed by atoms with Crippen LogP contribution >= 0.6 is 7.82 Å². The number of β-lactam (4-membered cyclic amide) rings is 1. The molecule has 0 spiro atoms. The molecule has 218 valence electrons. The zero-order chi connectivity index (χ0) is 30.0. The van der Waals surface area contributed by atoms with Crippen molar-refractivity contribution in [1.29, 1.82) is 0 Å². The van der Waals surface area contributed by atoms with E-state index in [1.807, 2.05) is 0 Å². The van der Waals surface area contributed by atoms with E-state index in [0.717, 1.165) is 0 Å². The first kappa shape index (κ1) is 28.8. The van der Waals surface area contributed by atoms with Crippen molar-refractivity contribution in [2.24, 2.45) is 11.8 Å². The van der Waals surface area contributed by atoms with Crippen molar-refractivity contribution in [1.82, 2.24) is 4.90 Å². The molecule has 0 aliphatic carbocycles. The number of rotatable bonds is 11. The van der Waals surface area contributed by atoms with Crippen molar-refractivity contribution >= 4 is 25.4 Å². The second-order valence-corrected chi connectivity index (χ2v) is 11.3. The van der Waals surface area contributed by atoms with E-state index in [4.69, 9.17) is 18.3 Å². The van der Waals surface area contributed by atoms with Gasteiger partial charge in [0.1, 0.15) is 23.9 Å². The number of aliphatic hydroxyl groups excluding tert-OH is 1. The molecule has 1 fully saturated rings. The number of ether oxygens (including phenoxy) is 1. The summed E-state index contributed by atoms with van der Waals surface area (Å²) in [5, 5.41) is 21.2. The maximum atomic E-state index is 14.2. The molecule has 4 atom stereocenters. The number of nitro benzene ring substituents is 1. The molecular weight excluding hydrogens is 567 g/mol. The molecule has 1 unspecified atom stereocenters. The highest BCUT2D eigenvalue weighted by Crippen LogP contribution is 2.57. The summed E-state index contributed by atoms with van der Waals surface area (Å²) in [6, 6.07) is 21.1. The molecule has 0 saturated carbocycles. The van der Waals surface area contributed by atoms with Gasteiger partial charge in [-0.05, 0) is 48.9 Å². The van der Waals surface area contributed by atoms with Crippen LogP contribution in [0.5, 0.6) is 11.5 Å². The number of fused-ring (bicyclic) bond motifs is 1. The minimum Gasteiger partial charge on any atom is -0.456 e. The quantitative estimate of drug-likeness (QED) is 0.106. The molecule has 0 aromatic heterocycles. The maximum Gasteiger partial charge on any atom is 0.646 e.